The Labute approximate surface area is 124 Å². The summed E-state index contributed by atoms with van der Waals surface area (Å²) in [5, 5.41) is 16.2. The maximum absolute atomic E-state index is 12.3. The van der Waals surface area contributed by atoms with Crippen LogP contribution in [0.1, 0.15) is 55.9 Å². The van der Waals surface area contributed by atoms with E-state index in [2.05, 4.69) is 10.4 Å². The zero-order valence-corrected chi connectivity index (χ0v) is 12.4. The SMILES string of the molecule is CCn1nccc1C(=O)N[C@H](C(=O)O)C1CCCCCC1. The molecule has 1 amide bonds. The normalized spacial score (nSPS) is 18.0. The fourth-order valence-electron chi connectivity index (χ4n) is 3.02. The number of nitrogens with one attached hydrogen (secondary N) is 1. The van der Waals surface area contributed by atoms with E-state index in [9.17, 15) is 14.7 Å². The molecular weight excluding hydrogens is 270 g/mol. The highest BCUT2D eigenvalue weighted by Gasteiger charge is 2.30. The maximum atomic E-state index is 12.3. The van der Waals surface area contributed by atoms with Gasteiger partial charge in [0.15, 0.2) is 0 Å². The number of aryl methyl sites for hydroxylation is 1. The van der Waals surface area contributed by atoms with Gasteiger partial charge in [0.1, 0.15) is 11.7 Å². The number of hydrogen-bond donors (Lipinski definition) is 2. The summed E-state index contributed by atoms with van der Waals surface area (Å²) in [4.78, 5) is 23.8. The summed E-state index contributed by atoms with van der Waals surface area (Å²) in [6.07, 6.45) is 7.67. The first-order chi connectivity index (χ1) is 10.1. The molecule has 6 heteroatoms. The Bertz CT molecular complexity index is 490. The minimum Gasteiger partial charge on any atom is -0.480 e. The minimum absolute atomic E-state index is 0.0203. The number of aromatic nitrogens is 2. The van der Waals surface area contributed by atoms with Crippen molar-refractivity contribution >= 4 is 11.9 Å². The molecule has 1 atom stereocenters. The van der Waals surface area contributed by atoms with Gasteiger partial charge in [-0.05, 0) is 31.7 Å². The molecule has 6 nitrogen and oxygen atoms in total. The standard InChI is InChI=1S/C15H23N3O3/c1-2-18-12(9-10-16-18)14(19)17-13(15(20)21)11-7-5-3-4-6-8-11/h9-11,13H,2-8H2,1H3,(H,17,19)(H,20,21)/t13-/m0/s1. The lowest BCUT2D eigenvalue weighted by molar-refractivity contribution is -0.140. The molecule has 1 aromatic heterocycles. The van der Waals surface area contributed by atoms with Gasteiger partial charge in [-0.15, -0.1) is 0 Å². The molecular formula is C15H23N3O3. The quantitative estimate of drug-likeness (QED) is 0.814. The van der Waals surface area contributed by atoms with Crippen LogP contribution in [-0.4, -0.2) is 32.8 Å². The fourth-order valence-corrected chi connectivity index (χ4v) is 3.02. The monoisotopic (exact) mass is 293 g/mol. The Kier molecular flexibility index (Phi) is 5.36. The summed E-state index contributed by atoms with van der Waals surface area (Å²) >= 11 is 0. The van der Waals surface area contributed by atoms with Gasteiger partial charge < -0.3 is 10.4 Å². The van der Waals surface area contributed by atoms with Gasteiger partial charge in [-0.1, -0.05) is 25.7 Å². The summed E-state index contributed by atoms with van der Waals surface area (Å²) in [6, 6.07) is 0.806. The molecule has 21 heavy (non-hydrogen) atoms. The molecule has 0 radical (unpaired) electrons. The van der Waals surface area contributed by atoms with E-state index in [1.807, 2.05) is 6.92 Å². The average molecular weight is 293 g/mol. The van der Waals surface area contributed by atoms with E-state index in [-0.39, 0.29) is 11.8 Å². The maximum Gasteiger partial charge on any atom is 0.326 e. The number of amides is 1. The molecule has 1 aliphatic rings. The second kappa shape index (κ2) is 7.24. The first-order valence-corrected chi connectivity index (χ1v) is 7.69. The van der Waals surface area contributed by atoms with Crippen LogP contribution in [0.25, 0.3) is 0 Å². The van der Waals surface area contributed by atoms with E-state index < -0.39 is 12.0 Å². The van der Waals surface area contributed by atoms with Crippen LogP contribution in [0.4, 0.5) is 0 Å². The van der Waals surface area contributed by atoms with Gasteiger partial charge in [0.25, 0.3) is 5.91 Å². The van der Waals surface area contributed by atoms with Crippen LogP contribution in [-0.2, 0) is 11.3 Å². The van der Waals surface area contributed by atoms with Crippen molar-refractivity contribution in [1.82, 2.24) is 15.1 Å². The van der Waals surface area contributed by atoms with Crippen LogP contribution in [0.5, 0.6) is 0 Å². The van der Waals surface area contributed by atoms with E-state index in [1.54, 1.807) is 16.9 Å². The molecule has 0 saturated heterocycles. The van der Waals surface area contributed by atoms with Crippen LogP contribution >= 0.6 is 0 Å². The molecule has 1 saturated carbocycles. The van der Waals surface area contributed by atoms with Gasteiger partial charge in [0.05, 0.1) is 0 Å². The Hall–Kier alpha value is -1.85. The first-order valence-electron chi connectivity index (χ1n) is 7.69. The van der Waals surface area contributed by atoms with Crippen LogP contribution in [0.2, 0.25) is 0 Å². The largest absolute Gasteiger partial charge is 0.480 e. The number of aliphatic carboxylic acids is 1. The lowest BCUT2D eigenvalue weighted by Crippen LogP contribution is -2.46. The van der Waals surface area contributed by atoms with Crippen LogP contribution in [0, 0.1) is 5.92 Å². The molecule has 0 unspecified atom stereocenters. The molecule has 1 fully saturated rings. The Morgan fingerprint density at radius 2 is 2.05 bits per heavy atom. The molecule has 0 bridgehead atoms. The zero-order chi connectivity index (χ0) is 15.2. The first kappa shape index (κ1) is 15.5. The Morgan fingerprint density at radius 3 is 2.62 bits per heavy atom. The number of carbonyl (C=O) groups excluding carboxylic acids is 1. The second-order valence-electron chi connectivity index (χ2n) is 5.57. The third-order valence-corrected chi connectivity index (χ3v) is 4.17. The molecule has 0 spiro atoms. The van der Waals surface area contributed by atoms with Crippen molar-refractivity contribution in [2.24, 2.45) is 5.92 Å². The van der Waals surface area contributed by atoms with Crippen molar-refractivity contribution in [3.63, 3.8) is 0 Å². The van der Waals surface area contributed by atoms with Gasteiger partial charge in [0, 0.05) is 12.7 Å². The summed E-state index contributed by atoms with van der Waals surface area (Å²) < 4.78 is 1.57. The third kappa shape index (κ3) is 3.83. The van der Waals surface area contributed by atoms with Gasteiger partial charge in [0.2, 0.25) is 0 Å². The predicted molar refractivity (Wildman–Crippen MR) is 78.0 cm³/mol. The molecule has 1 aromatic rings. The average Bonchev–Trinajstić information content (AvgIpc) is 2.79. The molecule has 116 valence electrons. The van der Waals surface area contributed by atoms with Gasteiger partial charge >= 0.3 is 5.97 Å². The number of nitrogens with zero attached hydrogens (tertiary/aromatic N) is 2. The minimum atomic E-state index is -0.946. The zero-order valence-electron chi connectivity index (χ0n) is 12.4. The van der Waals surface area contributed by atoms with Gasteiger partial charge in [-0.2, -0.15) is 5.10 Å². The van der Waals surface area contributed by atoms with Crippen molar-refractivity contribution in [3.05, 3.63) is 18.0 Å². The molecule has 0 aliphatic heterocycles. The fraction of sp³-hybridized carbons (Fsp3) is 0.667. The molecule has 1 heterocycles. The van der Waals surface area contributed by atoms with E-state index in [0.717, 1.165) is 38.5 Å². The Balaban J connectivity index is 2.08. The lowest BCUT2D eigenvalue weighted by Gasteiger charge is -2.23. The van der Waals surface area contributed by atoms with E-state index in [4.69, 9.17) is 0 Å². The second-order valence-corrected chi connectivity index (χ2v) is 5.57. The summed E-state index contributed by atoms with van der Waals surface area (Å²) in [5.41, 5.74) is 0.414. The highest BCUT2D eigenvalue weighted by molar-refractivity contribution is 5.95. The smallest absolute Gasteiger partial charge is 0.326 e. The molecule has 0 aromatic carbocycles. The van der Waals surface area contributed by atoms with Crippen molar-refractivity contribution in [2.45, 2.75) is 58.0 Å². The van der Waals surface area contributed by atoms with Crippen molar-refractivity contribution in [2.75, 3.05) is 0 Å². The Morgan fingerprint density at radius 1 is 1.38 bits per heavy atom. The van der Waals surface area contributed by atoms with Crippen molar-refractivity contribution < 1.29 is 14.7 Å². The number of carboxylic acid groups (broad SMARTS) is 1. The molecule has 2 rings (SSSR count). The molecule has 2 N–H and O–H groups in total. The van der Waals surface area contributed by atoms with E-state index in [0.29, 0.717) is 12.2 Å². The summed E-state index contributed by atoms with van der Waals surface area (Å²) in [5.74, 6) is -1.28. The van der Waals surface area contributed by atoms with Gasteiger partial charge in [-0.3, -0.25) is 9.48 Å². The van der Waals surface area contributed by atoms with Crippen molar-refractivity contribution in [1.29, 1.82) is 0 Å². The van der Waals surface area contributed by atoms with Crippen molar-refractivity contribution in [3.8, 4) is 0 Å². The highest BCUT2D eigenvalue weighted by Crippen LogP contribution is 2.26. The van der Waals surface area contributed by atoms with Crippen LogP contribution < -0.4 is 5.32 Å². The van der Waals surface area contributed by atoms with E-state index in [1.165, 1.54) is 0 Å². The number of hydrogen-bond acceptors (Lipinski definition) is 3. The van der Waals surface area contributed by atoms with Gasteiger partial charge in [-0.25, -0.2) is 4.79 Å². The number of carboxylic acids is 1. The third-order valence-electron chi connectivity index (χ3n) is 4.17. The topological polar surface area (TPSA) is 84.2 Å². The number of carbonyl (C=O) groups is 2. The summed E-state index contributed by atoms with van der Waals surface area (Å²) in [6.45, 7) is 2.47. The highest BCUT2D eigenvalue weighted by atomic mass is 16.4. The van der Waals surface area contributed by atoms with E-state index >= 15 is 0 Å². The molecule has 1 aliphatic carbocycles. The van der Waals surface area contributed by atoms with Crippen LogP contribution in [0.15, 0.2) is 12.3 Å². The lowest BCUT2D eigenvalue weighted by atomic mass is 9.91. The summed E-state index contributed by atoms with van der Waals surface area (Å²) in [7, 11) is 0. The van der Waals surface area contributed by atoms with Crippen LogP contribution in [0.3, 0.4) is 0 Å². The number of rotatable bonds is 5. The predicted octanol–water partition coefficient (Wildman–Crippen LogP) is 2.06.